The predicted molar refractivity (Wildman–Crippen MR) is 105 cm³/mol. The van der Waals surface area contributed by atoms with E-state index in [0.29, 0.717) is 38.8 Å². The van der Waals surface area contributed by atoms with Crippen LogP contribution in [0, 0.1) is 24.7 Å². The molecule has 0 N–H and O–H groups in total. The fourth-order valence-corrected chi connectivity index (χ4v) is 2.95. The molecule has 1 fully saturated rings. The molecule has 1 heterocycles. The molecule has 6 nitrogen and oxygen atoms in total. The molecule has 1 aliphatic heterocycles. The molecule has 0 unspecified atom stereocenters. The number of hydrogen-bond acceptors (Lipinski definition) is 6. The zero-order valence-corrected chi connectivity index (χ0v) is 16.3. The summed E-state index contributed by atoms with van der Waals surface area (Å²) >= 11 is 0. The Morgan fingerprint density at radius 1 is 0.889 bits per heavy atom. The summed E-state index contributed by atoms with van der Waals surface area (Å²) in [4.78, 5) is 28.1. The van der Waals surface area contributed by atoms with E-state index < -0.39 is 0 Å². The molecule has 0 bridgehead atoms. The monoisotopic (exact) mass is 376 g/mol. The Balaban J connectivity index is 2.32. The minimum Gasteiger partial charge on any atom is -0.465 e. The van der Waals surface area contributed by atoms with Gasteiger partial charge in [-0.15, -0.1) is 24.7 Å². The van der Waals surface area contributed by atoms with Crippen LogP contribution in [0.15, 0.2) is 0 Å². The minimum absolute atomic E-state index is 0.256. The highest BCUT2D eigenvalue weighted by Crippen LogP contribution is 2.08. The number of rotatable bonds is 14. The van der Waals surface area contributed by atoms with Gasteiger partial charge in [-0.25, -0.2) is 0 Å². The predicted octanol–water partition coefficient (Wildman–Crippen LogP) is 1.69. The van der Waals surface area contributed by atoms with Crippen molar-refractivity contribution in [3.05, 3.63) is 0 Å². The fraction of sp³-hybridized carbons (Fsp3) is 0.714. The molecular weight excluding hydrogens is 344 g/mol. The van der Waals surface area contributed by atoms with Crippen LogP contribution in [0.4, 0.5) is 0 Å². The Hall–Kier alpha value is -2.02. The largest absolute Gasteiger partial charge is 0.465 e. The number of likely N-dealkylation sites (tertiary alicyclic amines) is 1. The lowest BCUT2D eigenvalue weighted by atomic mass is 10.3. The van der Waals surface area contributed by atoms with Gasteiger partial charge in [-0.3, -0.25) is 9.59 Å². The molecule has 0 aromatic rings. The Morgan fingerprint density at radius 2 is 1.41 bits per heavy atom. The normalized spacial score (nSPS) is 13.9. The fourth-order valence-electron chi connectivity index (χ4n) is 2.95. The van der Waals surface area contributed by atoms with Crippen molar-refractivity contribution in [2.45, 2.75) is 44.9 Å². The smallest absolute Gasteiger partial charge is 0.307 e. The van der Waals surface area contributed by atoms with Crippen LogP contribution in [0.1, 0.15) is 44.9 Å². The number of nitrogens with zero attached hydrogens (tertiary/aromatic N) is 2. The number of carbonyl (C=O) groups excluding carboxylic acids is 2. The summed E-state index contributed by atoms with van der Waals surface area (Å²) in [6, 6.07) is 0. The summed E-state index contributed by atoms with van der Waals surface area (Å²) in [6.07, 6.45) is 15.3. The van der Waals surface area contributed by atoms with Crippen LogP contribution in [-0.4, -0.2) is 74.2 Å². The Labute approximate surface area is 163 Å². The van der Waals surface area contributed by atoms with Crippen molar-refractivity contribution in [1.29, 1.82) is 0 Å². The lowest BCUT2D eigenvalue weighted by Gasteiger charge is -2.23. The average molecular weight is 376 g/mol. The maximum atomic E-state index is 11.8. The Morgan fingerprint density at radius 3 is 1.89 bits per heavy atom. The molecule has 1 aliphatic rings. The molecular formula is C21H32N2O4. The van der Waals surface area contributed by atoms with Gasteiger partial charge >= 0.3 is 11.9 Å². The maximum absolute atomic E-state index is 11.8. The number of hydrogen-bond donors (Lipinski definition) is 0. The van der Waals surface area contributed by atoms with Gasteiger partial charge in [0.2, 0.25) is 0 Å². The van der Waals surface area contributed by atoms with Gasteiger partial charge in [-0.1, -0.05) is 0 Å². The molecule has 0 aromatic heterocycles. The van der Waals surface area contributed by atoms with Gasteiger partial charge in [-0.2, -0.15) is 0 Å². The minimum atomic E-state index is -0.258. The summed E-state index contributed by atoms with van der Waals surface area (Å²) in [5, 5.41) is 0. The topological polar surface area (TPSA) is 59.1 Å². The first kappa shape index (κ1) is 23.0. The van der Waals surface area contributed by atoms with Gasteiger partial charge < -0.3 is 19.3 Å². The van der Waals surface area contributed by atoms with E-state index in [2.05, 4.69) is 21.6 Å². The van der Waals surface area contributed by atoms with E-state index in [4.69, 9.17) is 22.3 Å². The van der Waals surface area contributed by atoms with E-state index in [1.807, 2.05) is 0 Å². The van der Waals surface area contributed by atoms with Gasteiger partial charge in [0, 0.05) is 25.9 Å². The third kappa shape index (κ3) is 12.1. The zero-order chi connectivity index (χ0) is 19.7. The van der Waals surface area contributed by atoms with Crippen LogP contribution in [0.3, 0.4) is 0 Å². The van der Waals surface area contributed by atoms with Crippen molar-refractivity contribution in [3.8, 4) is 24.7 Å². The first-order chi connectivity index (χ1) is 13.2. The molecule has 1 saturated heterocycles. The zero-order valence-electron chi connectivity index (χ0n) is 16.3. The van der Waals surface area contributed by atoms with Crippen LogP contribution in [0.5, 0.6) is 0 Å². The lowest BCUT2D eigenvalue weighted by molar-refractivity contribution is -0.143. The Kier molecular flexibility index (Phi) is 12.9. The molecule has 0 aliphatic carbocycles. The highest BCUT2D eigenvalue weighted by Gasteiger charge is 2.14. The molecule has 0 atom stereocenters. The third-order valence-electron chi connectivity index (χ3n) is 4.43. The van der Waals surface area contributed by atoms with Gasteiger partial charge in [0.15, 0.2) is 0 Å². The summed E-state index contributed by atoms with van der Waals surface area (Å²) in [5.74, 6) is 4.36. The van der Waals surface area contributed by atoms with Gasteiger partial charge in [-0.05, 0) is 45.4 Å². The summed E-state index contributed by atoms with van der Waals surface area (Å²) < 4.78 is 10.2. The number of terminal acetylenes is 2. The lowest BCUT2D eigenvalue weighted by Crippen LogP contribution is -2.32. The van der Waals surface area contributed by atoms with E-state index >= 15 is 0 Å². The van der Waals surface area contributed by atoms with Gasteiger partial charge in [0.25, 0.3) is 0 Å². The molecule has 0 saturated carbocycles. The van der Waals surface area contributed by atoms with Crippen LogP contribution in [0.25, 0.3) is 0 Å². The van der Waals surface area contributed by atoms with Crippen LogP contribution < -0.4 is 0 Å². The molecule has 27 heavy (non-hydrogen) atoms. The Bertz CT molecular complexity index is 479. The van der Waals surface area contributed by atoms with Gasteiger partial charge in [0.1, 0.15) is 13.2 Å². The molecule has 6 heteroatoms. The second-order valence-electron chi connectivity index (χ2n) is 6.59. The first-order valence-corrected chi connectivity index (χ1v) is 9.78. The van der Waals surface area contributed by atoms with Crippen molar-refractivity contribution in [2.24, 2.45) is 0 Å². The SMILES string of the molecule is C#CCCOC(=O)CCN(CCCN1CCCC1)CCC(=O)OCCC#C. The molecule has 150 valence electrons. The second kappa shape index (κ2) is 15.1. The highest BCUT2D eigenvalue weighted by molar-refractivity contribution is 5.70. The quantitative estimate of drug-likeness (QED) is 0.261. The number of ether oxygens (including phenoxy) is 2. The van der Waals surface area contributed by atoms with Crippen molar-refractivity contribution < 1.29 is 19.1 Å². The summed E-state index contributed by atoms with van der Waals surface area (Å²) in [7, 11) is 0. The molecule has 0 aromatic carbocycles. The highest BCUT2D eigenvalue weighted by atomic mass is 16.5. The van der Waals surface area contributed by atoms with Crippen LogP contribution >= 0.6 is 0 Å². The van der Waals surface area contributed by atoms with Gasteiger partial charge in [0.05, 0.1) is 12.8 Å². The van der Waals surface area contributed by atoms with Crippen molar-refractivity contribution in [1.82, 2.24) is 9.80 Å². The second-order valence-corrected chi connectivity index (χ2v) is 6.59. The van der Waals surface area contributed by atoms with Crippen molar-refractivity contribution in [2.75, 3.05) is 52.5 Å². The number of carbonyl (C=O) groups is 2. The van der Waals surface area contributed by atoms with Crippen LogP contribution in [0.2, 0.25) is 0 Å². The average Bonchev–Trinajstić information content (AvgIpc) is 3.17. The third-order valence-corrected chi connectivity index (χ3v) is 4.43. The number of esters is 2. The van der Waals surface area contributed by atoms with Crippen molar-refractivity contribution in [3.63, 3.8) is 0 Å². The first-order valence-electron chi connectivity index (χ1n) is 9.78. The molecule has 0 amide bonds. The standard InChI is InChI=1S/C21H32N2O4/c1-3-5-18-26-20(24)10-16-23(15-9-14-22-12-7-8-13-22)17-11-21(25)27-19-6-4-2/h1-2H,5-19H2. The van der Waals surface area contributed by atoms with E-state index in [-0.39, 0.29) is 25.2 Å². The summed E-state index contributed by atoms with van der Waals surface area (Å²) in [5.41, 5.74) is 0. The maximum Gasteiger partial charge on any atom is 0.307 e. The van der Waals surface area contributed by atoms with Crippen molar-refractivity contribution >= 4 is 11.9 Å². The van der Waals surface area contributed by atoms with E-state index in [9.17, 15) is 9.59 Å². The van der Waals surface area contributed by atoms with E-state index in [1.165, 1.54) is 25.9 Å². The summed E-state index contributed by atoms with van der Waals surface area (Å²) in [6.45, 7) is 5.87. The molecule has 1 rings (SSSR count). The molecule has 0 radical (unpaired) electrons. The van der Waals surface area contributed by atoms with E-state index in [0.717, 1.165) is 19.5 Å². The molecule has 0 spiro atoms. The van der Waals surface area contributed by atoms with Crippen LogP contribution in [-0.2, 0) is 19.1 Å². The van der Waals surface area contributed by atoms with E-state index in [1.54, 1.807) is 0 Å².